The van der Waals surface area contributed by atoms with Crippen molar-refractivity contribution in [3.05, 3.63) is 35.1 Å². The predicted octanol–water partition coefficient (Wildman–Crippen LogP) is 3.67. The Bertz CT molecular complexity index is 350. The quantitative estimate of drug-likeness (QED) is 0.556. The van der Waals surface area contributed by atoms with Crippen LogP contribution < -0.4 is 0 Å². The van der Waals surface area contributed by atoms with Gasteiger partial charge in [0.25, 0.3) is 0 Å². The Morgan fingerprint density at radius 3 is 2.31 bits per heavy atom. The summed E-state index contributed by atoms with van der Waals surface area (Å²) in [5.74, 6) is -2.51. The summed E-state index contributed by atoms with van der Waals surface area (Å²) >= 11 is 0. The minimum atomic E-state index is -1.18. The molecule has 1 nitrogen and oxygen atoms in total. The van der Waals surface area contributed by atoms with Gasteiger partial charge in [-0.05, 0) is 18.4 Å². The molecule has 0 atom stereocenters. The van der Waals surface area contributed by atoms with Crippen molar-refractivity contribution in [2.24, 2.45) is 5.92 Å². The van der Waals surface area contributed by atoms with Crippen LogP contribution in [0.15, 0.2) is 12.1 Å². The molecule has 1 aromatic rings. The lowest BCUT2D eigenvalue weighted by atomic mass is 10.1. The van der Waals surface area contributed by atoms with Gasteiger partial charge in [-0.3, -0.25) is 0 Å². The summed E-state index contributed by atoms with van der Waals surface area (Å²) in [6.45, 7) is 4.54. The van der Waals surface area contributed by atoms with Crippen molar-refractivity contribution in [2.45, 2.75) is 26.9 Å². The normalized spacial score (nSPS) is 11.1. The summed E-state index contributed by atoms with van der Waals surface area (Å²) < 4.78 is 43.7. The van der Waals surface area contributed by atoms with Crippen LogP contribution in [-0.2, 0) is 11.3 Å². The first-order valence-corrected chi connectivity index (χ1v) is 5.22. The Morgan fingerprint density at radius 2 is 1.69 bits per heavy atom. The SMILES string of the molecule is CC(C)CCOCc1cc(F)c(F)cc1F. The monoisotopic (exact) mass is 232 g/mol. The van der Waals surface area contributed by atoms with Crippen LogP contribution >= 0.6 is 0 Å². The average Bonchev–Trinajstić information content (AvgIpc) is 2.19. The number of hydrogen-bond donors (Lipinski definition) is 0. The zero-order valence-electron chi connectivity index (χ0n) is 9.40. The second kappa shape index (κ2) is 5.89. The molecule has 4 heteroatoms. The first kappa shape index (κ1) is 13.0. The van der Waals surface area contributed by atoms with Gasteiger partial charge >= 0.3 is 0 Å². The predicted molar refractivity (Wildman–Crippen MR) is 55.4 cm³/mol. The van der Waals surface area contributed by atoms with Crippen molar-refractivity contribution in [1.29, 1.82) is 0 Å². The number of ether oxygens (including phenoxy) is 1. The zero-order chi connectivity index (χ0) is 12.1. The topological polar surface area (TPSA) is 9.23 Å². The second-order valence-corrected chi connectivity index (χ2v) is 4.09. The first-order valence-electron chi connectivity index (χ1n) is 5.22. The lowest BCUT2D eigenvalue weighted by Crippen LogP contribution is -2.02. The molecule has 0 aliphatic carbocycles. The molecule has 16 heavy (non-hydrogen) atoms. The van der Waals surface area contributed by atoms with E-state index in [1.165, 1.54) is 0 Å². The lowest BCUT2D eigenvalue weighted by Gasteiger charge is -2.07. The Kier molecular flexibility index (Phi) is 4.80. The zero-order valence-corrected chi connectivity index (χ0v) is 9.40. The smallest absolute Gasteiger partial charge is 0.161 e. The van der Waals surface area contributed by atoms with E-state index in [2.05, 4.69) is 0 Å². The minimum Gasteiger partial charge on any atom is -0.377 e. The highest BCUT2D eigenvalue weighted by Gasteiger charge is 2.09. The van der Waals surface area contributed by atoms with Crippen LogP contribution in [0.5, 0.6) is 0 Å². The van der Waals surface area contributed by atoms with Crippen LogP contribution in [0.3, 0.4) is 0 Å². The Labute approximate surface area is 93.2 Å². The van der Waals surface area contributed by atoms with Crippen molar-refractivity contribution in [3.8, 4) is 0 Å². The van der Waals surface area contributed by atoms with E-state index in [-0.39, 0.29) is 12.2 Å². The van der Waals surface area contributed by atoms with Gasteiger partial charge in [-0.1, -0.05) is 13.8 Å². The van der Waals surface area contributed by atoms with E-state index in [0.717, 1.165) is 12.5 Å². The first-order chi connectivity index (χ1) is 7.50. The van der Waals surface area contributed by atoms with E-state index in [0.29, 0.717) is 18.6 Å². The maximum atomic E-state index is 13.1. The highest BCUT2D eigenvalue weighted by atomic mass is 19.2. The fraction of sp³-hybridized carbons (Fsp3) is 0.500. The highest BCUT2D eigenvalue weighted by Crippen LogP contribution is 2.14. The molecule has 0 heterocycles. The summed E-state index contributed by atoms with van der Waals surface area (Å²) in [6, 6.07) is 1.37. The largest absolute Gasteiger partial charge is 0.377 e. The molecule has 1 rings (SSSR count). The number of halogens is 3. The van der Waals surface area contributed by atoms with Gasteiger partial charge in [-0.25, -0.2) is 13.2 Å². The third-order valence-electron chi connectivity index (χ3n) is 2.19. The maximum Gasteiger partial charge on any atom is 0.161 e. The van der Waals surface area contributed by atoms with Gasteiger partial charge in [0.15, 0.2) is 11.6 Å². The number of rotatable bonds is 5. The number of benzene rings is 1. The summed E-state index contributed by atoms with van der Waals surface area (Å²) in [5.41, 5.74) is 0.0441. The summed E-state index contributed by atoms with van der Waals surface area (Å²) in [4.78, 5) is 0. The van der Waals surface area contributed by atoms with Crippen LogP contribution in [0, 0.1) is 23.4 Å². The third kappa shape index (κ3) is 3.85. The summed E-state index contributed by atoms with van der Waals surface area (Å²) in [6.07, 6.45) is 0.852. The van der Waals surface area contributed by atoms with Gasteiger partial charge in [0.1, 0.15) is 5.82 Å². The molecule has 0 bridgehead atoms. The molecule has 0 saturated heterocycles. The average molecular weight is 232 g/mol. The Balaban J connectivity index is 2.51. The van der Waals surface area contributed by atoms with Gasteiger partial charge in [0, 0.05) is 18.2 Å². The maximum absolute atomic E-state index is 13.1. The van der Waals surface area contributed by atoms with Crippen LogP contribution in [0.25, 0.3) is 0 Å². The fourth-order valence-corrected chi connectivity index (χ4v) is 1.18. The molecule has 90 valence electrons. The van der Waals surface area contributed by atoms with Crippen LogP contribution in [0.1, 0.15) is 25.8 Å². The van der Waals surface area contributed by atoms with Gasteiger partial charge < -0.3 is 4.74 Å². The molecule has 0 N–H and O–H groups in total. The standard InChI is InChI=1S/C12H15F3O/c1-8(2)3-4-16-7-9-5-11(14)12(15)6-10(9)13/h5-6,8H,3-4,7H2,1-2H3. The van der Waals surface area contributed by atoms with Crippen LogP contribution in [-0.4, -0.2) is 6.61 Å². The summed E-state index contributed by atoms with van der Waals surface area (Å²) in [5, 5.41) is 0. The molecule has 0 radical (unpaired) electrons. The molecule has 0 aliphatic heterocycles. The molecule has 0 aliphatic rings. The molecular weight excluding hydrogens is 217 g/mol. The van der Waals surface area contributed by atoms with Crippen molar-refractivity contribution >= 4 is 0 Å². The van der Waals surface area contributed by atoms with E-state index < -0.39 is 17.5 Å². The van der Waals surface area contributed by atoms with E-state index in [1.54, 1.807) is 0 Å². The van der Waals surface area contributed by atoms with Gasteiger partial charge in [0.05, 0.1) is 6.61 Å². The molecule has 0 saturated carbocycles. The van der Waals surface area contributed by atoms with Crippen molar-refractivity contribution in [2.75, 3.05) is 6.61 Å². The molecular formula is C12H15F3O. The van der Waals surface area contributed by atoms with Gasteiger partial charge in [0.2, 0.25) is 0 Å². The Morgan fingerprint density at radius 1 is 1.06 bits per heavy atom. The fourth-order valence-electron chi connectivity index (χ4n) is 1.18. The molecule has 1 aromatic carbocycles. The minimum absolute atomic E-state index is 0.0320. The van der Waals surface area contributed by atoms with E-state index >= 15 is 0 Å². The van der Waals surface area contributed by atoms with Crippen LogP contribution in [0.2, 0.25) is 0 Å². The van der Waals surface area contributed by atoms with E-state index in [4.69, 9.17) is 4.74 Å². The number of hydrogen-bond acceptors (Lipinski definition) is 1. The molecule has 0 fully saturated rings. The molecule has 0 aromatic heterocycles. The molecule has 0 amide bonds. The highest BCUT2D eigenvalue weighted by molar-refractivity contribution is 5.19. The van der Waals surface area contributed by atoms with Crippen molar-refractivity contribution in [3.63, 3.8) is 0 Å². The Hall–Kier alpha value is -1.03. The van der Waals surface area contributed by atoms with E-state index in [9.17, 15) is 13.2 Å². The lowest BCUT2D eigenvalue weighted by molar-refractivity contribution is 0.108. The second-order valence-electron chi connectivity index (χ2n) is 4.09. The third-order valence-corrected chi connectivity index (χ3v) is 2.19. The summed E-state index contributed by atoms with van der Waals surface area (Å²) in [7, 11) is 0. The van der Waals surface area contributed by atoms with E-state index in [1.807, 2.05) is 13.8 Å². The molecule has 0 unspecified atom stereocenters. The van der Waals surface area contributed by atoms with Gasteiger partial charge in [-0.15, -0.1) is 0 Å². The molecule has 0 spiro atoms. The van der Waals surface area contributed by atoms with Crippen molar-refractivity contribution in [1.82, 2.24) is 0 Å². The van der Waals surface area contributed by atoms with Crippen molar-refractivity contribution < 1.29 is 17.9 Å². The van der Waals surface area contributed by atoms with Crippen LogP contribution in [0.4, 0.5) is 13.2 Å². The van der Waals surface area contributed by atoms with Gasteiger partial charge in [-0.2, -0.15) is 0 Å².